The average Bonchev–Trinajstić information content (AvgIpc) is 3.20. The molecule has 2 aromatic carbocycles. The van der Waals surface area contributed by atoms with Crippen LogP contribution in [0.25, 0.3) is 11.8 Å². The first-order chi connectivity index (χ1) is 16.2. The van der Waals surface area contributed by atoms with Crippen LogP contribution in [0.4, 0.5) is 10.5 Å². The van der Waals surface area contributed by atoms with Gasteiger partial charge in [-0.05, 0) is 80.4 Å². The van der Waals surface area contributed by atoms with E-state index < -0.39 is 17.1 Å². The Morgan fingerprint density at radius 1 is 1.03 bits per heavy atom. The minimum absolute atomic E-state index is 0.289. The van der Waals surface area contributed by atoms with Gasteiger partial charge in [-0.2, -0.15) is 0 Å². The highest BCUT2D eigenvalue weighted by Crippen LogP contribution is 2.34. The number of carbonyl (C=O) groups is 3. The summed E-state index contributed by atoms with van der Waals surface area (Å²) < 4.78 is 2.16. The number of nitrogens with one attached hydrogen (secondary N) is 1. The number of halogens is 1. The smallest absolute Gasteiger partial charge is 0.294 e. The predicted molar refractivity (Wildman–Crippen MR) is 137 cm³/mol. The number of para-hydroxylation sites is 2. The minimum Gasteiger partial charge on any atom is -0.323 e. The molecule has 8 heteroatoms. The highest BCUT2D eigenvalue weighted by Gasteiger charge is 2.36. The van der Waals surface area contributed by atoms with Crippen LogP contribution in [0.15, 0.2) is 53.4 Å². The van der Waals surface area contributed by atoms with Crippen molar-refractivity contribution in [2.24, 2.45) is 0 Å². The van der Waals surface area contributed by atoms with E-state index in [2.05, 4.69) is 35.9 Å². The molecule has 0 saturated carbocycles. The summed E-state index contributed by atoms with van der Waals surface area (Å²) >= 11 is 6.91. The van der Waals surface area contributed by atoms with Gasteiger partial charge >= 0.3 is 0 Å². The van der Waals surface area contributed by atoms with Gasteiger partial charge in [0.05, 0.1) is 21.3 Å². The normalized spacial score (nSPS) is 14.9. The molecule has 0 aliphatic carbocycles. The van der Waals surface area contributed by atoms with E-state index in [1.54, 1.807) is 30.3 Å². The topological polar surface area (TPSA) is 71.4 Å². The monoisotopic (exact) mass is 493 g/mol. The number of nitrogens with zero attached hydrogens (tertiary/aromatic N) is 2. The number of rotatable bonds is 5. The fourth-order valence-corrected chi connectivity index (χ4v) is 5.12. The maximum atomic E-state index is 13.0. The van der Waals surface area contributed by atoms with E-state index >= 15 is 0 Å². The van der Waals surface area contributed by atoms with Crippen LogP contribution in [0.3, 0.4) is 0 Å². The van der Waals surface area contributed by atoms with Gasteiger partial charge in [0, 0.05) is 11.4 Å². The molecule has 0 bridgehead atoms. The summed E-state index contributed by atoms with van der Waals surface area (Å²) in [4.78, 5) is 39.2. The van der Waals surface area contributed by atoms with Gasteiger partial charge in [-0.3, -0.25) is 19.3 Å². The molecule has 1 aromatic heterocycles. The molecule has 0 spiro atoms. The Morgan fingerprint density at radius 3 is 2.38 bits per heavy atom. The molecule has 1 N–H and O–H groups in total. The predicted octanol–water partition coefficient (Wildman–Crippen LogP) is 6.04. The number of carbonyl (C=O) groups excluding carboxylic acids is 3. The number of benzene rings is 2. The van der Waals surface area contributed by atoms with E-state index in [0.29, 0.717) is 10.7 Å². The van der Waals surface area contributed by atoms with Crippen molar-refractivity contribution in [3.05, 3.63) is 86.5 Å². The molecule has 4 rings (SSSR count). The lowest BCUT2D eigenvalue weighted by molar-refractivity contribution is -0.127. The van der Waals surface area contributed by atoms with Crippen LogP contribution < -0.4 is 5.32 Å². The zero-order valence-electron chi connectivity index (χ0n) is 19.3. The lowest BCUT2D eigenvalue weighted by Crippen LogP contribution is -2.36. The molecule has 0 radical (unpaired) electrons. The number of aryl methyl sites for hydroxylation is 3. The lowest BCUT2D eigenvalue weighted by atomic mass is 10.1. The quantitative estimate of drug-likeness (QED) is 0.440. The van der Waals surface area contributed by atoms with Crippen molar-refractivity contribution in [3.8, 4) is 5.69 Å². The van der Waals surface area contributed by atoms with Gasteiger partial charge in [-0.15, -0.1) is 0 Å². The van der Waals surface area contributed by atoms with E-state index in [9.17, 15) is 14.4 Å². The van der Waals surface area contributed by atoms with Crippen LogP contribution in [0.2, 0.25) is 5.02 Å². The molecule has 1 aliphatic rings. The van der Waals surface area contributed by atoms with Crippen LogP contribution in [0, 0.1) is 27.7 Å². The van der Waals surface area contributed by atoms with Crippen molar-refractivity contribution in [3.63, 3.8) is 0 Å². The largest absolute Gasteiger partial charge is 0.323 e. The number of imide groups is 1. The first kappa shape index (κ1) is 23.9. The molecule has 34 heavy (non-hydrogen) atoms. The second-order valence-electron chi connectivity index (χ2n) is 8.20. The van der Waals surface area contributed by atoms with E-state index in [1.807, 2.05) is 26.0 Å². The van der Waals surface area contributed by atoms with Crippen LogP contribution in [-0.2, 0) is 9.59 Å². The van der Waals surface area contributed by atoms with Crippen molar-refractivity contribution in [2.75, 3.05) is 11.9 Å². The van der Waals surface area contributed by atoms with Gasteiger partial charge in [0.2, 0.25) is 5.91 Å². The van der Waals surface area contributed by atoms with E-state index in [0.717, 1.165) is 50.4 Å². The molecule has 2 heterocycles. The van der Waals surface area contributed by atoms with Crippen molar-refractivity contribution in [1.82, 2.24) is 9.47 Å². The zero-order chi connectivity index (χ0) is 24.6. The third kappa shape index (κ3) is 4.54. The summed E-state index contributed by atoms with van der Waals surface area (Å²) in [6, 6.07) is 14.9. The van der Waals surface area contributed by atoms with Crippen LogP contribution in [0.1, 0.15) is 28.1 Å². The Balaban J connectivity index is 1.57. The van der Waals surface area contributed by atoms with E-state index in [1.165, 1.54) is 0 Å². The molecule has 1 saturated heterocycles. The number of hydrogen-bond acceptors (Lipinski definition) is 4. The molecule has 6 nitrogen and oxygen atoms in total. The number of aromatic nitrogens is 1. The Morgan fingerprint density at radius 2 is 1.71 bits per heavy atom. The Bertz CT molecular complexity index is 1340. The van der Waals surface area contributed by atoms with Gasteiger partial charge in [0.1, 0.15) is 6.54 Å². The number of amides is 3. The second kappa shape index (κ2) is 9.52. The van der Waals surface area contributed by atoms with Gasteiger partial charge in [-0.1, -0.05) is 41.9 Å². The first-order valence-electron chi connectivity index (χ1n) is 10.7. The summed E-state index contributed by atoms with van der Waals surface area (Å²) in [5.74, 6) is -0.981. The molecule has 0 unspecified atom stereocenters. The molecular weight excluding hydrogens is 470 g/mol. The summed E-state index contributed by atoms with van der Waals surface area (Å²) in [6.45, 7) is 7.77. The van der Waals surface area contributed by atoms with E-state index in [4.69, 9.17) is 11.6 Å². The van der Waals surface area contributed by atoms with Gasteiger partial charge < -0.3 is 9.88 Å². The van der Waals surface area contributed by atoms with Crippen LogP contribution in [0.5, 0.6) is 0 Å². The highest BCUT2D eigenvalue weighted by molar-refractivity contribution is 8.18. The van der Waals surface area contributed by atoms with Crippen LogP contribution >= 0.6 is 23.4 Å². The maximum Gasteiger partial charge on any atom is 0.294 e. The standard InChI is InChI=1S/C26H24ClN3O3S/c1-15-8-7-9-16(2)24(15)30-17(3)12-19(18(30)4)13-22-25(32)29(26(33)34-22)14-23(31)28-21-11-6-5-10-20(21)27/h5-13H,14H2,1-4H3,(H,28,31)/b22-13+. The summed E-state index contributed by atoms with van der Waals surface area (Å²) in [7, 11) is 0. The zero-order valence-corrected chi connectivity index (χ0v) is 20.9. The van der Waals surface area contributed by atoms with Crippen molar-refractivity contribution in [2.45, 2.75) is 27.7 Å². The SMILES string of the molecule is Cc1cccc(C)c1-n1c(C)cc(/C=C2/SC(=O)N(CC(=O)Nc3ccccc3Cl)C2=O)c1C. The Hall–Kier alpha value is -3.29. The van der Waals surface area contributed by atoms with Crippen LogP contribution in [-0.4, -0.2) is 33.1 Å². The minimum atomic E-state index is -0.496. The van der Waals surface area contributed by atoms with E-state index in [-0.39, 0.29) is 11.4 Å². The maximum absolute atomic E-state index is 13.0. The summed E-state index contributed by atoms with van der Waals surface area (Å²) in [5.41, 5.74) is 6.69. The van der Waals surface area contributed by atoms with Gasteiger partial charge in [0.25, 0.3) is 11.1 Å². The molecule has 0 atom stereocenters. The molecule has 1 fully saturated rings. The van der Waals surface area contributed by atoms with Crippen molar-refractivity contribution < 1.29 is 14.4 Å². The third-order valence-electron chi connectivity index (χ3n) is 5.74. The fourth-order valence-electron chi connectivity index (χ4n) is 4.11. The third-order valence-corrected chi connectivity index (χ3v) is 6.98. The van der Waals surface area contributed by atoms with Crippen molar-refractivity contribution in [1.29, 1.82) is 0 Å². The number of anilines is 1. The second-order valence-corrected chi connectivity index (χ2v) is 9.60. The number of thioether (sulfide) groups is 1. The molecule has 174 valence electrons. The van der Waals surface area contributed by atoms with Gasteiger partial charge in [0.15, 0.2) is 0 Å². The molecule has 3 amide bonds. The lowest BCUT2D eigenvalue weighted by Gasteiger charge is -2.15. The van der Waals surface area contributed by atoms with Gasteiger partial charge in [-0.25, -0.2) is 0 Å². The molecular formula is C26H24ClN3O3S. The average molecular weight is 494 g/mol. The summed E-state index contributed by atoms with van der Waals surface area (Å²) in [6.07, 6.45) is 1.73. The highest BCUT2D eigenvalue weighted by atomic mass is 35.5. The first-order valence-corrected chi connectivity index (χ1v) is 11.9. The Labute approximate surface area is 207 Å². The fraction of sp³-hybridized carbons (Fsp3) is 0.192. The molecule has 3 aromatic rings. The van der Waals surface area contributed by atoms with Crippen molar-refractivity contribution >= 4 is 52.2 Å². The Kier molecular flexibility index (Phi) is 6.68. The summed E-state index contributed by atoms with van der Waals surface area (Å²) in [5, 5.41) is 2.54. The molecule has 1 aliphatic heterocycles. The number of hydrogen-bond donors (Lipinski definition) is 1.